The van der Waals surface area contributed by atoms with Crippen molar-refractivity contribution in [2.75, 3.05) is 54.5 Å². The third-order valence-corrected chi connectivity index (χ3v) is 6.29. The predicted octanol–water partition coefficient (Wildman–Crippen LogP) is 1.73. The molecule has 0 fully saturated rings. The lowest BCUT2D eigenvalue weighted by atomic mass is 10.00. The number of benzene rings is 1. The number of hydrogen-bond donors (Lipinski definition) is 1. The summed E-state index contributed by atoms with van der Waals surface area (Å²) in [5.74, 6) is 6.65. The number of ether oxygens (including phenoxy) is 2. The molecule has 37 heavy (non-hydrogen) atoms. The maximum absolute atomic E-state index is 13.6. The number of pyridine rings is 1. The molecule has 0 bridgehead atoms. The molecule has 198 valence electrons. The van der Waals surface area contributed by atoms with Crippen molar-refractivity contribution in [1.29, 1.82) is 0 Å². The summed E-state index contributed by atoms with van der Waals surface area (Å²) in [5, 5.41) is 9.84. The Morgan fingerprint density at radius 3 is 2.54 bits per heavy atom. The molecule has 0 unspecified atom stereocenters. The van der Waals surface area contributed by atoms with Gasteiger partial charge in [0.05, 0.1) is 32.8 Å². The van der Waals surface area contributed by atoms with E-state index in [4.69, 9.17) is 9.47 Å². The Balaban J connectivity index is 1.94. The van der Waals surface area contributed by atoms with Crippen LogP contribution in [0.3, 0.4) is 0 Å². The fourth-order valence-electron chi connectivity index (χ4n) is 3.97. The molecule has 9 nitrogen and oxygen atoms in total. The highest BCUT2D eigenvalue weighted by molar-refractivity contribution is 5.97. The van der Waals surface area contributed by atoms with Gasteiger partial charge in [-0.3, -0.25) is 9.59 Å². The van der Waals surface area contributed by atoms with Gasteiger partial charge in [-0.1, -0.05) is 18.8 Å². The number of carbonyl (C=O) groups excluding carboxylic acids is 2. The number of aromatic nitrogens is 1. The number of likely N-dealkylation sites (N-methyl/N-ethyl adjacent to an activating group) is 2. The SMILES string of the molecule is COc1ccc(C#Cc2cnc3c(c2)C(=O)N([C@H](C)CO)C[C@@H](C)[C@H](CN(C)C(=O)CN(C)C)O3)cc1. The lowest BCUT2D eigenvalue weighted by Gasteiger charge is -2.37. The van der Waals surface area contributed by atoms with Crippen molar-refractivity contribution in [2.45, 2.75) is 26.0 Å². The van der Waals surface area contributed by atoms with E-state index in [1.165, 1.54) is 0 Å². The molecule has 0 saturated carbocycles. The lowest BCUT2D eigenvalue weighted by Crippen LogP contribution is -2.51. The molecule has 2 aromatic rings. The molecule has 2 heterocycles. The molecule has 1 aliphatic rings. The molecule has 0 saturated heterocycles. The number of rotatable bonds is 7. The van der Waals surface area contributed by atoms with Crippen LogP contribution in [0.15, 0.2) is 36.5 Å². The molecular formula is C28H36N4O5. The van der Waals surface area contributed by atoms with Crippen LogP contribution in [-0.2, 0) is 4.79 Å². The van der Waals surface area contributed by atoms with E-state index in [0.717, 1.165) is 11.3 Å². The van der Waals surface area contributed by atoms with Gasteiger partial charge in [-0.05, 0) is 51.4 Å². The number of fused-ring (bicyclic) bond motifs is 1. The van der Waals surface area contributed by atoms with Gasteiger partial charge in [0.15, 0.2) is 0 Å². The van der Waals surface area contributed by atoms with Crippen LogP contribution in [0.5, 0.6) is 11.6 Å². The number of carbonyl (C=O) groups is 2. The Hall–Kier alpha value is -3.61. The van der Waals surface area contributed by atoms with Gasteiger partial charge in [0.2, 0.25) is 11.8 Å². The van der Waals surface area contributed by atoms with Crippen molar-refractivity contribution in [2.24, 2.45) is 5.92 Å². The summed E-state index contributed by atoms with van der Waals surface area (Å²) in [5.41, 5.74) is 1.64. The summed E-state index contributed by atoms with van der Waals surface area (Å²) < 4.78 is 11.4. The summed E-state index contributed by atoms with van der Waals surface area (Å²) in [6, 6.07) is 8.64. The predicted molar refractivity (Wildman–Crippen MR) is 141 cm³/mol. The zero-order valence-electron chi connectivity index (χ0n) is 22.4. The lowest BCUT2D eigenvalue weighted by molar-refractivity contribution is -0.132. The number of methoxy groups -OCH3 is 1. The van der Waals surface area contributed by atoms with Crippen molar-refractivity contribution in [1.82, 2.24) is 19.7 Å². The average Bonchev–Trinajstić information content (AvgIpc) is 2.88. The standard InChI is InChI=1S/C28H36N4O5/c1-19-15-32(20(2)18-33)28(35)24-13-22(8-7-21-9-11-23(36-6)12-10-21)14-29-27(24)37-25(19)16-31(5)26(34)17-30(3)4/h9-14,19-20,25,33H,15-18H2,1-6H3/t19-,20-,25+/m1/s1. The van der Waals surface area contributed by atoms with E-state index < -0.39 is 12.1 Å². The second-order valence-corrected chi connectivity index (χ2v) is 9.69. The highest BCUT2D eigenvalue weighted by Gasteiger charge is 2.34. The molecule has 2 amide bonds. The van der Waals surface area contributed by atoms with Gasteiger partial charge >= 0.3 is 0 Å². The maximum Gasteiger partial charge on any atom is 0.259 e. The topological polar surface area (TPSA) is 95.4 Å². The molecular weight excluding hydrogens is 472 g/mol. The summed E-state index contributed by atoms with van der Waals surface area (Å²) >= 11 is 0. The van der Waals surface area contributed by atoms with Crippen molar-refractivity contribution in [3.8, 4) is 23.5 Å². The number of amides is 2. The molecule has 0 radical (unpaired) electrons. The summed E-state index contributed by atoms with van der Waals surface area (Å²) in [6.45, 7) is 4.58. The Labute approximate surface area is 219 Å². The van der Waals surface area contributed by atoms with E-state index in [1.807, 2.05) is 50.2 Å². The third-order valence-electron chi connectivity index (χ3n) is 6.29. The molecule has 0 aliphatic carbocycles. The molecule has 9 heteroatoms. The van der Waals surface area contributed by atoms with Crippen molar-refractivity contribution in [3.05, 3.63) is 53.2 Å². The number of hydrogen-bond acceptors (Lipinski definition) is 7. The van der Waals surface area contributed by atoms with Gasteiger partial charge < -0.3 is 29.3 Å². The smallest absolute Gasteiger partial charge is 0.259 e. The third kappa shape index (κ3) is 7.21. The normalized spacial score (nSPS) is 18.1. The Bertz CT molecular complexity index is 1160. The van der Waals surface area contributed by atoms with Gasteiger partial charge in [-0.25, -0.2) is 4.98 Å². The minimum absolute atomic E-state index is 0.0307. The molecule has 0 spiro atoms. The zero-order chi connectivity index (χ0) is 27.1. The van der Waals surface area contributed by atoms with Crippen LogP contribution in [0, 0.1) is 17.8 Å². The fourth-order valence-corrected chi connectivity index (χ4v) is 3.97. The van der Waals surface area contributed by atoms with Crippen LogP contribution in [0.25, 0.3) is 0 Å². The molecule has 3 rings (SSSR count). The molecule has 3 atom stereocenters. The summed E-state index contributed by atoms with van der Waals surface area (Å²) in [6.07, 6.45) is 1.17. The van der Waals surface area contributed by atoms with Crippen LogP contribution < -0.4 is 9.47 Å². The monoisotopic (exact) mass is 508 g/mol. The Morgan fingerprint density at radius 1 is 1.24 bits per heavy atom. The van der Waals surface area contributed by atoms with Crippen molar-refractivity contribution >= 4 is 11.8 Å². The largest absolute Gasteiger partial charge is 0.497 e. The van der Waals surface area contributed by atoms with Gasteiger partial charge in [-0.15, -0.1) is 0 Å². The molecule has 1 aromatic carbocycles. The highest BCUT2D eigenvalue weighted by Crippen LogP contribution is 2.27. The Morgan fingerprint density at radius 2 is 1.92 bits per heavy atom. The van der Waals surface area contributed by atoms with Gasteiger partial charge in [0.1, 0.15) is 17.4 Å². The van der Waals surface area contributed by atoms with Crippen LogP contribution >= 0.6 is 0 Å². The minimum Gasteiger partial charge on any atom is -0.497 e. The number of aliphatic hydroxyl groups excluding tert-OH is 1. The van der Waals surface area contributed by atoms with E-state index >= 15 is 0 Å². The molecule has 1 N–H and O–H groups in total. The summed E-state index contributed by atoms with van der Waals surface area (Å²) in [7, 11) is 7.03. The van der Waals surface area contributed by atoms with Crippen LogP contribution in [0.4, 0.5) is 0 Å². The first kappa shape index (κ1) is 28.0. The first-order valence-corrected chi connectivity index (χ1v) is 12.3. The van der Waals surface area contributed by atoms with E-state index in [-0.39, 0.29) is 42.3 Å². The van der Waals surface area contributed by atoms with Crippen LogP contribution in [0.1, 0.15) is 35.3 Å². The highest BCUT2D eigenvalue weighted by atomic mass is 16.5. The second kappa shape index (κ2) is 12.6. The molecule has 1 aromatic heterocycles. The van der Waals surface area contributed by atoms with E-state index in [2.05, 4.69) is 16.8 Å². The maximum atomic E-state index is 13.6. The second-order valence-electron chi connectivity index (χ2n) is 9.69. The van der Waals surface area contributed by atoms with E-state index in [9.17, 15) is 14.7 Å². The Kier molecular flexibility index (Phi) is 9.50. The minimum atomic E-state index is -0.403. The van der Waals surface area contributed by atoms with E-state index in [1.54, 1.807) is 43.1 Å². The van der Waals surface area contributed by atoms with Gasteiger partial charge in [0.25, 0.3) is 5.91 Å². The van der Waals surface area contributed by atoms with Crippen molar-refractivity contribution in [3.63, 3.8) is 0 Å². The first-order valence-electron chi connectivity index (χ1n) is 12.3. The fraction of sp³-hybridized carbons (Fsp3) is 0.464. The quantitative estimate of drug-likeness (QED) is 0.569. The first-order chi connectivity index (χ1) is 17.6. The van der Waals surface area contributed by atoms with Gasteiger partial charge in [-0.2, -0.15) is 0 Å². The van der Waals surface area contributed by atoms with Crippen LogP contribution in [-0.4, -0.2) is 103 Å². The zero-order valence-corrected chi connectivity index (χ0v) is 22.4. The van der Waals surface area contributed by atoms with Crippen molar-refractivity contribution < 1.29 is 24.2 Å². The number of aliphatic hydroxyl groups is 1. The van der Waals surface area contributed by atoms with Gasteiger partial charge in [0, 0.05) is 36.8 Å². The summed E-state index contributed by atoms with van der Waals surface area (Å²) in [4.78, 5) is 35.7. The number of nitrogens with zero attached hydrogens (tertiary/aromatic N) is 4. The average molecular weight is 509 g/mol. The van der Waals surface area contributed by atoms with Crippen LogP contribution in [0.2, 0.25) is 0 Å². The molecule has 1 aliphatic heterocycles. The van der Waals surface area contributed by atoms with E-state index in [0.29, 0.717) is 18.7 Å².